The average molecular weight is 522 g/mol. The molecule has 1 fully saturated rings. The first kappa shape index (κ1) is 25.1. The Hall–Kier alpha value is -3.59. The van der Waals surface area contributed by atoms with Crippen molar-refractivity contribution >= 4 is 15.9 Å². The number of rotatable bonds is 8. The fourth-order valence-electron chi connectivity index (χ4n) is 5.06. The number of sulfonamides is 1. The van der Waals surface area contributed by atoms with Crippen molar-refractivity contribution in [2.45, 2.75) is 49.8 Å². The van der Waals surface area contributed by atoms with E-state index in [0.717, 1.165) is 47.1 Å². The molecule has 1 N–H and O–H groups in total. The van der Waals surface area contributed by atoms with Crippen LogP contribution >= 0.6 is 0 Å². The van der Waals surface area contributed by atoms with Crippen molar-refractivity contribution in [2.24, 2.45) is 0 Å². The lowest BCUT2D eigenvalue weighted by Gasteiger charge is -2.39. The second-order valence-corrected chi connectivity index (χ2v) is 10.8. The van der Waals surface area contributed by atoms with Crippen LogP contribution in [0.15, 0.2) is 41.6 Å². The van der Waals surface area contributed by atoms with Crippen LogP contribution in [-0.4, -0.2) is 49.4 Å². The Morgan fingerprint density at radius 1 is 1.27 bits per heavy atom. The zero-order valence-corrected chi connectivity index (χ0v) is 21.5. The maximum absolute atomic E-state index is 13.2. The van der Waals surface area contributed by atoms with Crippen LogP contribution < -0.4 is 4.72 Å². The van der Waals surface area contributed by atoms with Crippen LogP contribution in [0.3, 0.4) is 0 Å². The van der Waals surface area contributed by atoms with E-state index in [1.54, 1.807) is 30.1 Å². The van der Waals surface area contributed by atoms with Gasteiger partial charge in [0.05, 0.1) is 25.3 Å². The zero-order valence-electron chi connectivity index (χ0n) is 20.7. The summed E-state index contributed by atoms with van der Waals surface area (Å²) in [4.78, 5) is 17.2. The molecule has 0 bridgehead atoms. The topological polar surface area (TPSA) is 136 Å². The fraction of sp³-hybridized carbons (Fsp3) is 0.385. The van der Waals surface area contributed by atoms with E-state index in [1.165, 1.54) is 6.07 Å². The Kier molecular flexibility index (Phi) is 6.58. The zero-order chi connectivity index (χ0) is 26.2. The van der Waals surface area contributed by atoms with Gasteiger partial charge in [0.2, 0.25) is 5.91 Å². The number of nitriles is 1. The number of hydrogen-bond acceptors (Lipinski definition) is 8. The van der Waals surface area contributed by atoms with Crippen molar-refractivity contribution in [1.82, 2.24) is 19.5 Å². The molecule has 0 atom stereocenters. The van der Waals surface area contributed by atoms with Crippen molar-refractivity contribution < 1.29 is 22.7 Å². The second kappa shape index (κ2) is 9.70. The minimum absolute atomic E-state index is 0.126. The third kappa shape index (κ3) is 4.52. The van der Waals surface area contributed by atoms with Gasteiger partial charge < -0.3 is 9.47 Å². The van der Waals surface area contributed by atoms with E-state index in [9.17, 15) is 18.5 Å². The van der Waals surface area contributed by atoms with Gasteiger partial charge in [-0.2, -0.15) is 18.8 Å². The van der Waals surface area contributed by atoms with Gasteiger partial charge in [0, 0.05) is 25.9 Å². The molecule has 1 aliphatic carbocycles. The number of benzene rings is 1. The monoisotopic (exact) mass is 521 g/mol. The molecule has 1 aromatic carbocycles. The van der Waals surface area contributed by atoms with Gasteiger partial charge in [-0.05, 0) is 66.1 Å². The van der Waals surface area contributed by atoms with Crippen LogP contribution in [0.2, 0.25) is 0 Å². The number of aromatic nitrogens is 3. The fourth-order valence-corrected chi connectivity index (χ4v) is 6.01. The van der Waals surface area contributed by atoms with Crippen LogP contribution in [0.25, 0.3) is 11.1 Å². The van der Waals surface area contributed by atoms with E-state index < -0.39 is 21.5 Å². The summed E-state index contributed by atoms with van der Waals surface area (Å²) >= 11 is 0. The minimum atomic E-state index is -4.23. The Morgan fingerprint density at radius 3 is 2.76 bits per heavy atom. The van der Waals surface area contributed by atoms with Gasteiger partial charge in [0.25, 0.3) is 10.0 Å². The molecule has 11 heteroatoms. The number of nitrogens with zero attached hydrogens (tertiary/aromatic N) is 4. The molecule has 37 heavy (non-hydrogen) atoms. The quantitative estimate of drug-likeness (QED) is 0.477. The predicted molar refractivity (Wildman–Crippen MR) is 133 cm³/mol. The molecule has 1 saturated heterocycles. The standard InChI is InChI=1S/C26H27N5O5S/c1-3-31-23(26(35-2)15-36-16-26)13-25(29-31)37(33,34)30-24(32)12-22-20-6-4-5-17(20)7-8-21(22)18-9-10-28-19(11-18)14-27/h7-11,13H,3-6,12,15-16H2,1-2H3,(H,30,32). The van der Waals surface area contributed by atoms with Gasteiger partial charge in [0.1, 0.15) is 11.8 Å². The third-order valence-corrected chi connectivity index (χ3v) is 8.28. The van der Waals surface area contributed by atoms with Crippen molar-refractivity contribution in [2.75, 3.05) is 20.3 Å². The first-order valence-electron chi connectivity index (χ1n) is 12.1. The summed E-state index contributed by atoms with van der Waals surface area (Å²) in [7, 11) is -2.68. The minimum Gasteiger partial charge on any atom is -0.374 e. The van der Waals surface area contributed by atoms with Crippen LogP contribution in [0.5, 0.6) is 0 Å². The van der Waals surface area contributed by atoms with Crippen LogP contribution in [-0.2, 0) is 55.7 Å². The second-order valence-electron chi connectivity index (χ2n) is 9.20. The summed E-state index contributed by atoms with van der Waals surface area (Å²) in [6, 6.07) is 10.9. The lowest BCUT2D eigenvalue weighted by atomic mass is 9.91. The highest BCUT2D eigenvalue weighted by Crippen LogP contribution is 2.35. The molecule has 0 radical (unpaired) electrons. The molecule has 5 rings (SSSR count). The lowest BCUT2D eigenvalue weighted by molar-refractivity contribution is -0.206. The van der Waals surface area contributed by atoms with Crippen molar-refractivity contribution in [1.29, 1.82) is 5.26 Å². The van der Waals surface area contributed by atoms with Crippen LogP contribution in [0.4, 0.5) is 0 Å². The van der Waals surface area contributed by atoms with Gasteiger partial charge in [0.15, 0.2) is 10.6 Å². The van der Waals surface area contributed by atoms with Gasteiger partial charge in [-0.15, -0.1) is 0 Å². The molecule has 192 valence electrons. The molecule has 0 saturated carbocycles. The SMILES string of the molecule is CCn1nc(S(=O)(=O)NC(=O)Cc2c(-c3ccnc(C#N)c3)ccc3c2CCC3)cc1C1(OC)COC1. The number of aryl methyl sites for hydroxylation is 2. The highest BCUT2D eigenvalue weighted by atomic mass is 32.2. The van der Waals surface area contributed by atoms with Crippen molar-refractivity contribution in [3.8, 4) is 17.2 Å². The van der Waals surface area contributed by atoms with E-state index in [4.69, 9.17) is 9.47 Å². The number of amides is 1. The number of methoxy groups -OCH3 is 1. The van der Waals surface area contributed by atoms with Gasteiger partial charge in [-0.3, -0.25) is 9.48 Å². The van der Waals surface area contributed by atoms with E-state index in [-0.39, 0.29) is 17.1 Å². The number of carbonyl (C=O) groups excluding carboxylic acids is 1. The Morgan fingerprint density at radius 2 is 2.08 bits per heavy atom. The largest absolute Gasteiger partial charge is 0.374 e. The normalized spacial score (nSPS) is 16.0. The molecular formula is C26H27N5O5S. The van der Waals surface area contributed by atoms with Crippen LogP contribution in [0, 0.1) is 11.3 Å². The molecule has 10 nitrogen and oxygen atoms in total. The number of nitrogens with one attached hydrogen (secondary N) is 1. The van der Waals surface area contributed by atoms with E-state index >= 15 is 0 Å². The summed E-state index contributed by atoms with van der Waals surface area (Å²) in [5.74, 6) is -0.655. The molecule has 0 unspecified atom stereocenters. The molecule has 2 aliphatic rings. The smallest absolute Gasteiger partial charge is 0.283 e. The molecule has 0 spiro atoms. The number of pyridine rings is 1. The highest BCUT2D eigenvalue weighted by molar-refractivity contribution is 7.90. The summed E-state index contributed by atoms with van der Waals surface area (Å²) in [6.45, 7) is 2.87. The van der Waals surface area contributed by atoms with Gasteiger partial charge in [-0.1, -0.05) is 12.1 Å². The van der Waals surface area contributed by atoms with Crippen molar-refractivity contribution in [3.63, 3.8) is 0 Å². The van der Waals surface area contributed by atoms with Crippen molar-refractivity contribution in [3.05, 3.63) is 64.6 Å². The van der Waals surface area contributed by atoms with Gasteiger partial charge in [-0.25, -0.2) is 9.71 Å². The Balaban J connectivity index is 1.44. The Bertz CT molecular complexity index is 1510. The lowest BCUT2D eigenvalue weighted by Crippen LogP contribution is -2.49. The number of carbonyl (C=O) groups is 1. The highest BCUT2D eigenvalue weighted by Gasteiger charge is 2.44. The molecule has 1 aliphatic heterocycles. The Labute approximate surface area is 215 Å². The third-order valence-electron chi connectivity index (χ3n) is 7.03. The van der Waals surface area contributed by atoms with E-state index in [0.29, 0.717) is 25.5 Å². The summed E-state index contributed by atoms with van der Waals surface area (Å²) in [6.07, 6.45) is 4.11. The molecule has 1 amide bonds. The summed E-state index contributed by atoms with van der Waals surface area (Å²) in [5, 5.41) is 13.3. The maximum atomic E-state index is 13.2. The molecule has 3 heterocycles. The number of ether oxygens (including phenoxy) is 2. The maximum Gasteiger partial charge on any atom is 0.283 e. The first-order chi connectivity index (χ1) is 17.8. The number of fused-ring (bicyclic) bond motifs is 1. The first-order valence-corrected chi connectivity index (χ1v) is 13.6. The molecule has 2 aromatic heterocycles. The summed E-state index contributed by atoms with van der Waals surface area (Å²) in [5.41, 5.74) is 4.63. The van der Waals surface area contributed by atoms with E-state index in [1.807, 2.05) is 25.1 Å². The average Bonchev–Trinajstić information content (AvgIpc) is 3.52. The van der Waals surface area contributed by atoms with Gasteiger partial charge >= 0.3 is 0 Å². The predicted octanol–water partition coefficient (Wildman–Crippen LogP) is 2.24. The molecule has 3 aromatic rings. The van der Waals surface area contributed by atoms with Crippen LogP contribution in [0.1, 0.15) is 41.4 Å². The number of hydrogen-bond donors (Lipinski definition) is 1. The van der Waals surface area contributed by atoms with E-state index in [2.05, 4.69) is 14.8 Å². The summed E-state index contributed by atoms with van der Waals surface area (Å²) < 4.78 is 41.0. The molecular weight excluding hydrogens is 494 g/mol.